The molecular formula is C23H20ClN3O. The zero-order chi connectivity index (χ0) is 19.5. The molecule has 0 bridgehead atoms. The van der Waals surface area contributed by atoms with Gasteiger partial charge >= 0.3 is 0 Å². The molecule has 1 heterocycles. The summed E-state index contributed by atoms with van der Waals surface area (Å²) in [5.74, 6) is 0.761. The smallest absolute Gasteiger partial charge is 0.251 e. The largest absolute Gasteiger partial charge is 0.345 e. The number of halogens is 1. The van der Waals surface area contributed by atoms with Crippen LogP contribution >= 0.6 is 11.6 Å². The molecule has 0 aliphatic heterocycles. The molecule has 140 valence electrons. The maximum absolute atomic E-state index is 12.8. The lowest BCUT2D eigenvalue weighted by Gasteiger charge is -2.19. The zero-order valence-electron chi connectivity index (χ0n) is 15.5. The lowest BCUT2D eigenvalue weighted by molar-refractivity contribution is 0.0936. The molecule has 5 heteroatoms. The summed E-state index contributed by atoms with van der Waals surface area (Å²) < 4.78 is 2.08. The number of nitrogens with zero attached hydrogens (tertiary/aromatic N) is 2. The van der Waals surface area contributed by atoms with Crippen molar-refractivity contribution in [3.05, 3.63) is 101 Å². The number of fused-ring (bicyclic) bond motifs is 1. The van der Waals surface area contributed by atoms with E-state index in [2.05, 4.69) is 9.88 Å². The van der Waals surface area contributed by atoms with Gasteiger partial charge in [0.25, 0.3) is 5.91 Å². The maximum atomic E-state index is 12.8. The molecule has 3 aromatic carbocycles. The molecule has 0 fully saturated rings. The monoisotopic (exact) mass is 389 g/mol. The van der Waals surface area contributed by atoms with Gasteiger partial charge in [-0.15, -0.1) is 0 Å². The van der Waals surface area contributed by atoms with E-state index in [1.54, 1.807) is 24.3 Å². The van der Waals surface area contributed by atoms with E-state index >= 15 is 0 Å². The third-order valence-electron chi connectivity index (χ3n) is 4.86. The quantitative estimate of drug-likeness (QED) is 0.525. The Labute approximate surface area is 168 Å². The fourth-order valence-corrected chi connectivity index (χ4v) is 3.56. The molecule has 4 nitrogen and oxygen atoms in total. The summed E-state index contributed by atoms with van der Waals surface area (Å²) in [4.78, 5) is 17.6. The Balaban J connectivity index is 1.66. The second-order valence-electron chi connectivity index (χ2n) is 6.73. The van der Waals surface area contributed by atoms with Crippen molar-refractivity contribution in [1.82, 2.24) is 14.9 Å². The molecule has 1 atom stereocenters. The molecule has 1 N–H and O–H groups in total. The predicted octanol–water partition coefficient (Wildman–Crippen LogP) is 4.94. The standard InChI is InChI=1S/C23H20ClN3O/c1-27-21-13-6-5-12-19(21)25-22(27)15-20(16-8-3-2-4-9-16)26-23(28)17-10-7-11-18(24)14-17/h2-14,20H,15H2,1H3,(H,26,28)/t20-/m0/s1. The van der Waals surface area contributed by atoms with Gasteiger partial charge in [0.2, 0.25) is 0 Å². The highest BCUT2D eigenvalue weighted by molar-refractivity contribution is 6.30. The second-order valence-corrected chi connectivity index (χ2v) is 7.16. The second kappa shape index (κ2) is 7.87. The molecule has 4 rings (SSSR count). The van der Waals surface area contributed by atoms with Crippen molar-refractivity contribution in [3.8, 4) is 0 Å². The minimum Gasteiger partial charge on any atom is -0.345 e. The van der Waals surface area contributed by atoms with Gasteiger partial charge in [-0.05, 0) is 35.9 Å². The summed E-state index contributed by atoms with van der Waals surface area (Å²) in [6.45, 7) is 0. The molecule has 1 amide bonds. The molecule has 0 saturated carbocycles. The first kappa shape index (κ1) is 18.3. The van der Waals surface area contributed by atoms with Crippen LogP contribution in [0.25, 0.3) is 11.0 Å². The number of carbonyl (C=O) groups excluding carboxylic acids is 1. The van der Waals surface area contributed by atoms with E-state index in [0.29, 0.717) is 17.0 Å². The topological polar surface area (TPSA) is 46.9 Å². The minimum atomic E-state index is -0.205. The molecular weight excluding hydrogens is 370 g/mol. The van der Waals surface area contributed by atoms with Crippen LogP contribution in [0.3, 0.4) is 0 Å². The third kappa shape index (κ3) is 3.78. The van der Waals surface area contributed by atoms with E-state index in [0.717, 1.165) is 22.4 Å². The summed E-state index contributed by atoms with van der Waals surface area (Å²) in [6.07, 6.45) is 0.585. The van der Waals surface area contributed by atoms with Crippen LogP contribution in [0.2, 0.25) is 5.02 Å². The Morgan fingerprint density at radius 3 is 2.54 bits per heavy atom. The van der Waals surface area contributed by atoms with Crippen LogP contribution in [0.5, 0.6) is 0 Å². The molecule has 0 radical (unpaired) electrons. The van der Waals surface area contributed by atoms with Crippen LogP contribution < -0.4 is 5.32 Å². The highest BCUT2D eigenvalue weighted by Crippen LogP contribution is 2.22. The maximum Gasteiger partial charge on any atom is 0.251 e. The van der Waals surface area contributed by atoms with Crippen LogP contribution in [-0.4, -0.2) is 15.5 Å². The van der Waals surface area contributed by atoms with E-state index in [1.807, 2.05) is 61.6 Å². The first-order valence-corrected chi connectivity index (χ1v) is 9.51. The molecule has 0 aliphatic carbocycles. The number of nitrogens with one attached hydrogen (secondary N) is 1. The van der Waals surface area contributed by atoms with E-state index in [-0.39, 0.29) is 11.9 Å². The molecule has 0 unspecified atom stereocenters. The lowest BCUT2D eigenvalue weighted by Crippen LogP contribution is -2.30. The molecule has 28 heavy (non-hydrogen) atoms. The van der Waals surface area contributed by atoms with Gasteiger partial charge in [0, 0.05) is 24.1 Å². The average Bonchev–Trinajstić information content (AvgIpc) is 3.04. The minimum absolute atomic E-state index is 0.157. The highest BCUT2D eigenvalue weighted by atomic mass is 35.5. The first-order chi connectivity index (χ1) is 13.6. The SMILES string of the molecule is Cn1c(C[C@H](NC(=O)c2cccc(Cl)c2)c2ccccc2)nc2ccccc21. The highest BCUT2D eigenvalue weighted by Gasteiger charge is 2.19. The van der Waals surface area contributed by atoms with E-state index < -0.39 is 0 Å². The third-order valence-corrected chi connectivity index (χ3v) is 5.10. The van der Waals surface area contributed by atoms with Crippen molar-refractivity contribution in [3.63, 3.8) is 0 Å². The van der Waals surface area contributed by atoms with Crippen LogP contribution in [0.15, 0.2) is 78.9 Å². The molecule has 4 aromatic rings. The Bertz CT molecular complexity index is 1120. The number of aromatic nitrogens is 2. The van der Waals surface area contributed by atoms with E-state index in [9.17, 15) is 4.79 Å². The number of rotatable bonds is 5. The summed E-state index contributed by atoms with van der Waals surface area (Å²) in [7, 11) is 2.01. The Morgan fingerprint density at radius 2 is 1.79 bits per heavy atom. The van der Waals surface area contributed by atoms with Crippen molar-refractivity contribution in [2.24, 2.45) is 7.05 Å². The normalized spacial score (nSPS) is 12.1. The Morgan fingerprint density at radius 1 is 1.04 bits per heavy atom. The molecule has 1 aromatic heterocycles. The van der Waals surface area contributed by atoms with Gasteiger partial charge < -0.3 is 9.88 Å². The molecule has 0 aliphatic rings. The lowest BCUT2D eigenvalue weighted by atomic mass is 10.0. The van der Waals surface area contributed by atoms with Gasteiger partial charge in [0.1, 0.15) is 5.82 Å². The van der Waals surface area contributed by atoms with Crippen LogP contribution in [0.1, 0.15) is 27.8 Å². The van der Waals surface area contributed by atoms with Crippen molar-refractivity contribution in [2.45, 2.75) is 12.5 Å². The van der Waals surface area contributed by atoms with Crippen LogP contribution in [0.4, 0.5) is 0 Å². The molecule has 0 spiro atoms. The number of carbonyl (C=O) groups is 1. The summed E-state index contributed by atoms with van der Waals surface area (Å²) >= 11 is 6.04. The Kier molecular flexibility index (Phi) is 5.13. The van der Waals surface area contributed by atoms with Gasteiger partial charge in [-0.2, -0.15) is 0 Å². The number of para-hydroxylation sites is 2. The number of hydrogen-bond donors (Lipinski definition) is 1. The Hall–Kier alpha value is -3.11. The van der Waals surface area contributed by atoms with Gasteiger partial charge in [0.15, 0.2) is 0 Å². The van der Waals surface area contributed by atoms with Gasteiger partial charge in [0.05, 0.1) is 17.1 Å². The van der Waals surface area contributed by atoms with Crippen LogP contribution in [0, 0.1) is 0 Å². The average molecular weight is 390 g/mol. The van der Waals surface area contributed by atoms with Crippen molar-refractivity contribution in [1.29, 1.82) is 0 Å². The number of aryl methyl sites for hydroxylation is 1. The number of benzene rings is 3. The first-order valence-electron chi connectivity index (χ1n) is 9.13. The summed E-state index contributed by atoms with van der Waals surface area (Å²) in [5, 5.41) is 3.69. The van der Waals surface area contributed by atoms with Gasteiger partial charge in [-0.1, -0.05) is 60.1 Å². The number of imidazole rings is 1. The molecule has 0 saturated heterocycles. The van der Waals surface area contributed by atoms with Crippen molar-refractivity contribution < 1.29 is 4.79 Å². The fraction of sp³-hybridized carbons (Fsp3) is 0.130. The summed E-state index contributed by atoms with van der Waals surface area (Å²) in [5.41, 5.74) is 3.60. The van der Waals surface area contributed by atoms with E-state index in [4.69, 9.17) is 16.6 Å². The predicted molar refractivity (Wildman–Crippen MR) is 113 cm³/mol. The van der Waals surface area contributed by atoms with Gasteiger partial charge in [-0.3, -0.25) is 4.79 Å². The number of amides is 1. The van der Waals surface area contributed by atoms with Crippen molar-refractivity contribution in [2.75, 3.05) is 0 Å². The zero-order valence-corrected chi connectivity index (χ0v) is 16.2. The van der Waals surface area contributed by atoms with Crippen LogP contribution in [-0.2, 0) is 13.5 Å². The van der Waals surface area contributed by atoms with Crippen molar-refractivity contribution >= 4 is 28.5 Å². The summed E-state index contributed by atoms with van der Waals surface area (Å²) in [6, 6.07) is 24.8. The number of hydrogen-bond acceptors (Lipinski definition) is 2. The van der Waals surface area contributed by atoms with Gasteiger partial charge in [-0.25, -0.2) is 4.98 Å². The van der Waals surface area contributed by atoms with E-state index in [1.165, 1.54) is 0 Å². The fourth-order valence-electron chi connectivity index (χ4n) is 3.37.